The zero-order chi connectivity index (χ0) is 13.7. The van der Waals surface area contributed by atoms with Crippen LogP contribution in [0.4, 0.5) is 0 Å². The van der Waals surface area contributed by atoms with Gasteiger partial charge >= 0.3 is 0 Å². The van der Waals surface area contributed by atoms with Crippen LogP contribution in [0.25, 0.3) is 0 Å². The van der Waals surface area contributed by atoms with Crippen molar-refractivity contribution >= 4 is 5.91 Å². The molecule has 0 heterocycles. The molecule has 0 aliphatic heterocycles. The Morgan fingerprint density at radius 3 is 2.74 bits per heavy atom. The van der Waals surface area contributed by atoms with Crippen molar-refractivity contribution in [2.24, 2.45) is 0 Å². The van der Waals surface area contributed by atoms with Crippen LogP contribution in [0.2, 0.25) is 0 Å². The Morgan fingerprint density at radius 1 is 1.26 bits per heavy atom. The molecule has 0 unspecified atom stereocenters. The second-order valence-electron chi connectivity index (χ2n) is 4.76. The standard InChI is InChI=1S/C14H19NO4/c16-12-8-4-7-11(14(12)18)15-13(17)9-19-10-5-2-1-3-6-10/h1-3,5-6,11-12,14,16,18H,4,7-9H2,(H,15,17)/t11-,12-,14-/m1/s1. The number of hydrogen-bond acceptors (Lipinski definition) is 4. The molecular formula is C14H19NO4. The van der Waals surface area contributed by atoms with Crippen LogP contribution in [0.5, 0.6) is 5.75 Å². The van der Waals surface area contributed by atoms with Gasteiger partial charge in [-0.1, -0.05) is 18.2 Å². The van der Waals surface area contributed by atoms with E-state index in [0.29, 0.717) is 18.6 Å². The normalized spacial score (nSPS) is 26.7. The molecule has 2 rings (SSSR count). The van der Waals surface area contributed by atoms with E-state index in [2.05, 4.69) is 5.32 Å². The van der Waals surface area contributed by atoms with Crippen LogP contribution < -0.4 is 10.1 Å². The summed E-state index contributed by atoms with van der Waals surface area (Å²) in [4.78, 5) is 11.7. The summed E-state index contributed by atoms with van der Waals surface area (Å²) in [6.07, 6.45) is 0.398. The van der Waals surface area contributed by atoms with E-state index >= 15 is 0 Å². The highest BCUT2D eigenvalue weighted by Crippen LogP contribution is 2.19. The van der Waals surface area contributed by atoms with E-state index in [0.717, 1.165) is 6.42 Å². The minimum absolute atomic E-state index is 0.0939. The first-order chi connectivity index (χ1) is 9.16. The van der Waals surface area contributed by atoms with Gasteiger partial charge in [-0.15, -0.1) is 0 Å². The molecule has 19 heavy (non-hydrogen) atoms. The van der Waals surface area contributed by atoms with Crippen LogP contribution in [0.1, 0.15) is 19.3 Å². The quantitative estimate of drug-likeness (QED) is 0.739. The number of amides is 1. The molecule has 0 spiro atoms. The van der Waals surface area contributed by atoms with Crippen LogP contribution >= 0.6 is 0 Å². The van der Waals surface area contributed by atoms with Crippen molar-refractivity contribution in [1.29, 1.82) is 0 Å². The number of para-hydroxylation sites is 1. The molecule has 0 aromatic heterocycles. The Kier molecular flexibility index (Phi) is 4.76. The SMILES string of the molecule is O=C(COc1ccccc1)N[C@@H]1CCC[C@@H](O)[C@@H]1O. The Labute approximate surface area is 112 Å². The molecule has 1 fully saturated rings. The van der Waals surface area contributed by atoms with Gasteiger partial charge in [0.25, 0.3) is 5.91 Å². The number of nitrogens with one attached hydrogen (secondary N) is 1. The lowest BCUT2D eigenvalue weighted by atomic mass is 9.90. The van der Waals surface area contributed by atoms with E-state index in [9.17, 15) is 15.0 Å². The van der Waals surface area contributed by atoms with Gasteiger partial charge in [-0.05, 0) is 31.4 Å². The van der Waals surface area contributed by atoms with Crippen molar-refractivity contribution < 1.29 is 19.7 Å². The fraction of sp³-hybridized carbons (Fsp3) is 0.500. The molecule has 0 radical (unpaired) electrons. The van der Waals surface area contributed by atoms with E-state index in [1.807, 2.05) is 18.2 Å². The fourth-order valence-electron chi connectivity index (χ4n) is 2.23. The molecule has 3 atom stereocenters. The maximum Gasteiger partial charge on any atom is 0.258 e. The van der Waals surface area contributed by atoms with Crippen LogP contribution in [-0.2, 0) is 4.79 Å². The molecule has 1 aliphatic rings. The first-order valence-electron chi connectivity index (χ1n) is 6.50. The second kappa shape index (κ2) is 6.54. The van der Waals surface area contributed by atoms with Gasteiger partial charge in [0.1, 0.15) is 5.75 Å². The van der Waals surface area contributed by atoms with E-state index < -0.39 is 18.2 Å². The highest BCUT2D eigenvalue weighted by atomic mass is 16.5. The van der Waals surface area contributed by atoms with E-state index in [-0.39, 0.29) is 12.5 Å². The van der Waals surface area contributed by atoms with Gasteiger partial charge in [-0.2, -0.15) is 0 Å². The van der Waals surface area contributed by atoms with Crippen molar-refractivity contribution in [1.82, 2.24) is 5.32 Å². The van der Waals surface area contributed by atoms with Gasteiger partial charge in [-0.25, -0.2) is 0 Å². The number of aliphatic hydroxyl groups is 2. The molecular weight excluding hydrogens is 246 g/mol. The zero-order valence-corrected chi connectivity index (χ0v) is 10.7. The Bertz CT molecular complexity index is 409. The predicted octanol–water partition coefficient (Wildman–Crippen LogP) is 0.456. The molecule has 1 amide bonds. The number of rotatable bonds is 4. The Hall–Kier alpha value is -1.59. The lowest BCUT2D eigenvalue weighted by molar-refractivity contribution is -0.126. The molecule has 1 aliphatic carbocycles. The largest absolute Gasteiger partial charge is 0.484 e. The third-order valence-electron chi connectivity index (χ3n) is 3.28. The zero-order valence-electron chi connectivity index (χ0n) is 10.7. The number of carbonyl (C=O) groups is 1. The fourth-order valence-corrected chi connectivity index (χ4v) is 2.23. The summed E-state index contributed by atoms with van der Waals surface area (Å²) >= 11 is 0. The second-order valence-corrected chi connectivity index (χ2v) is 4.76. The average molecular weight is 265 g/mol. The lowest BCUT2D eigenvalue weighted by Gasteiger charge is -2.32. The lowest BCUT2D eigenvalue weighted by Crippen LogP contribution is -2.51. The number of benzene rings is 1. The number of carbonyl (C=O) groups excluding carboxylic acids is 1. The maximum atomic E-state index is 11.7. The number of ether oxygens (including phenoxy) is 1. The highest BCUT2D eigenvalue weighted by molar-refractivity contribution is 5.77. The van der Waals surface area contributed by atoms with Gasteiger partial charge in [0.15, 0.2) is 6.61 Å². The van der Waals surface area contributed by atoms with Gasteiger partial charge in [0.05, 0.1) is 18.2 Å². The summed E-state index contributed by atoms with van der Waals surface area (Å²) < 4.78 is 5.32. The van der Waals surface area contributed by atoms with Crippen LogP contribution in [0.15, 0.2) is 30.3 Å². The first-order valence-corrected chi connectivity index (χ1v) is 6.50. The predicted molar refractivity (Wildman–Crippen MR) is 69.7 cm³/mol. The Morgan fingerprint density at radius 2 is 2.00 bits per heavy atom. The molecule has 1 saturated carbocycles. The third-order valence-corrected chi connectivity index (χ3v) is 3.28. The molecule has 3 N–H and O–H groups in total. The van der Waals surface area contributed by atoms with Crippen molar-refractivity contribution in [3.8, 4) is 5.75 Å². The van der Waals surface area contributed by atoms with Crippen molar-refractivity contribution in [3.05, 3.63) is 30.3 Å². The average Bonchev–Trinajstić information content (AvgIpc) is 2.43. The van der Waals surface area contributed by atoms with Crippen molar-refractivity contribution in [2.45, 2.75) is 37.5 Å². The monoisotopic (exact) mass is 265 g/mol. The summed E-state index contributed by atoms with van der Waals surface area (Å²) in [6, 6.07) is 8.67. The van der Waals surface area contributed by atoms with Gasteiger partial charge < -0.3 is 20.3 Å². The maximum absolute atomic E-state index is 11.7. The molecule has 1 aromatic rings. The van der Waals surface area contributed by atoms with E-state index in [4.69, 9.17) is 4.74 Å². The van der Waals surface area contributed by atoms with Crippen LogP contribution in [0, 0.1) is 0 Å². The molecule has 0 bridgehead atoms. The molecule has 5 heteroatoms. The van der Waals surface area contributed by atoms with Crippen molar-refractivity contribution in [3.63, 3.8) is 0 Å². The minimum Gasteiger partial charge on any atom is -0.484 e. The minimum atomic E-state index is -0.894. The third kappa shape index (κ3) is 3.94. The molecule has 104 valence electrons. The number of hydrogen-bond donors (Lipinski definition) is 3. The first kappa shape index (κ1) is 13.8. The van der Waals surface area contributed by atoms with Crippen LogP contribution in [0.3, 0.4) is 0 Å². The smallest absolute Gasteiger partial charge is 0.258 e. The highest BCUT2D eigenvalue weighted by Gasteiger charge is 2.31. The van der Waals surface area contributed by atoms with Gasteiger partial charge in [0.2, 0.25) is 0 Å². The van der Waals surface area contributed by atoms with Gasteiger partial charge in [0, 0.05) is 0 Å². The van der Waals surface area contributed by atoms with E-state index in [1.54, 1.807) is 12.1 Å². The molecule has 5 nitrogen and oxygen atoms in total. The van der Waals surface area contributed by atoms with E-state index in [1.165, 1.54) is 0 Å². The molecule has 0 saturated heterocycles. The topological polar surface area (TPSA) is 78.8 Å². The number of aliphatic hydroxyl groups excluding tert-OH is 2. The summed E-state index contributed by atoms with van der Waals surface area (Å²) in [7, 11) is 0. The summed E-state index contributed by atoms with van der Waals surface area (Å²) in [5.74, 6) is 0.337. The van der Waals surface area contributed by atoms with Gasteiger partial charge in [-0.3, -0.25) is 4.79 Å². The Balaban J connectivity index is 1.78. The van der Waals surface area contributed by atoms with Crippen molar-refractivity contribution in [2.75, 3.05) is 6.61 Å². The summed E-state index contributed by atoms with van der Waals surface area (Å²) in [6.45, 7) is -0.0939. The summed E-state index contributed by atoms with van der Waals surface area (Å²) in [5.41, 5.74) is 0. The van der Waals surface area contributed by atoms with Crippen LogP contribution in [-0.4, -0.2) is 41.0 Å². The molecule has 1 aromatic carbocycles. The summed E-state index contributed by atoms with van der Waals surface area (Å²) in [5, 5.41) is 22.0.